The van der Waals surface area contributed by atoms with Crippen molar-refractivity contribution in [3.05, 3.63) is 29.8 Å². The Morgan fingerprint density at radius 1 is 1.33 bits per heavy atom. The second-order valence-corrected chi connectivity index (χ2v) is 3.44. The van der Waals surface area contributed by atoms with Crippen LogP contribution in [0.3, 0.4) is 0 Å². The molecule has 0 saturated heterocycles. The molecule has 5 nitrogen and oxygen atoms in total. The second-order valence-electron chi connectivity index (χ2n) is 3.44. The maximum atomic E-state index is 12.3. The van der Waals surface area contributed by atoms with Crippen molar-refractivity contribution in [1.82, 2.24) is 0 Å². The van der Waals surface area contributed by atoms with Crippen molar-refractivity contribution in [1.29, 1.82) is 5.41 Å². The molecule has 1 rings (SSSR count). The molecule has 98 valence electrons. The summed E-state index contributed by atoms with van der Waals surface area (Å²) in [4.78, 5) is 11.1. The molecule has 0 spiro atoms. The topological polar surface area (TPSA) is 90.4 Å². The van der Waals surface area contributed by atoms with Gasteiger partial charge in [0.15, 0.2) is 5.96 Å². The van der Waals surface area contributed by atoms with Gasteiger partial charge in [-0.3, -0.25) is 5.41 Å². The van der Waals surface area contributed by atoms with Crippen LogP contribution in [-0.4, -0.2) is 29.8 Å². The molecular formula is C10H10F3N3O2. The summed E-state index contributed by atoms with van der Waals surface area (Å²) in [5.74, 6) is -1.96. The Morgan fingerprint density at radius 3 is 2.17 bits per heavy atom. The number of nitrogens with two attached hydrogens (primary N) is 1. The maximum absolute atomic E-state index is 12.3. The first-order valence-corrected chi connectivity index (χ1v) is 4.72. The Labute approximate surface area is 100 Å². The van der Waals surface area contributed by atoms with Gasteiger partial charge in [0.25, 0.3) is 0 Å². The first kappa shape index (κ1) is 13.8. The minimum absolute atomic E-state index is 0.00447. The third-order valence-electron chi connectivity index (χ3n) is 2.05. The number of rotatable bonds is 3. The van der Waals surface area contributed by atoms with Crippen LogP contribution >= 0.6 is 0 Å². The summed E-state index contributed by atoms with van der Waals surface area (Å²) in [5, 5.41) is 15.7. The molecule has 0 radical (unpaired) electrons. The van der Waals surface area contributed by atoms with E-state index in [9.17, 15) is 18.0 Å². The summed E-state index contributed by atoms with van der Waals surface area (Å²) in [5.41, 5.74) is 5.01. The van der Waals surface area contributed by atoms with E-state index in [0.717, 1.165) is 24.3 Å². The largest absolute Gasteiger partial charge is 0.478 e. The highest BCUT2D eigenvalue weighted by Gasteiger charge is 2.32. The average Bonchev–Trinajstić information content (AvgIpc) is 2.24. The first-order valence-electron chi connectivity index (χ1n) is 4.72. The van der Waals surface area contributed by atoms with Crippen LogP contribution in [0.2, 0.25) is 0 Å². The third-order valence-corrected chi connectivity index (χ3v) is 2.05. The molecule has 0 aliphatic heterocycles. The van der Waals surface area contributed by atoms with Crippen LogP contribution in [0.4, 0.5) is 18.9 Å². The summed E-state index contributed by atoms with van der Waals surface area (Å²) in [6.07, 6.45) is -4.52. The summed E-state index contributed by atoms with van der Waals surface area (Å²) >= 11 is 0. The molecule has 0 aliphatic rings. The number of carboxylic acids is 1. The molecule has 4 N–H and O–H groups in total. The van der Waals surface area contributed by atoms with Gasteiger partial charge in [0, 0.05) is 5.69 Å². The Balaban J connectivity index is 3.00. The molecule has 1 aromatic carbocycles. The van der Waals surface area contributed by atoms with Gasteiger partial charge in [-0.2, -0.15) is 13.2 Å². The van der Waals surface area contributed by atoms with Crippen molar-refractivity contribution in [3.8, 4) is 0 Å². The van der Waals surface area contributed by atoms with Gasteiger partial charge in [-0.25, -0.2) is 4.79 Å². The smallest absolute Gasteiger partial charge is 0.406 e. The van der Waals surface area contributed by atoms with E-state index in [1.807, 2.05) is 0 Å². The number of benzene rings is 1. The van der Waals surface area contributed by atoms with Crippen molar-refractivity contribution in [2.45, 2.75) is 6.18 Å². The van der Waals surface area contributed by atoms with Gasteiger partial charge < -0.3 is 15.7 Å². The van der Waals surface area contributed by atoms with Gasteiger partial charge in [-0.15, -0.1) is 0 Å². The number of anilines is 1. The van der Waals surface area contributed by atoms with Crippen LogP contribution < -0.4 is 10.6 Å². The summed E-state index contributed by atoms with van der Waals surface area (Å²) in [7, 11) is 0. The van der Waals surface area contributed by atoms with Crippen molar-refractivity contribution in [2.24, 2.45) is 5.73 Å². The molecule has 0 aromatic heterocycles. The SMILES string of the molecule is N=C(N)N(CC(F)(F)F)c1ccc(C(=O)O)cc1. The fourth-order valence-electron chi connectivity index (χ4n) is 1.28. The maximum Gasteiger partial charge on any atom is 0.406 e. The zero-order valence-corrected chi connectivity index (χ0v) is 9.03. The lowest BCUT2D eigenvalue weighted by Gasteiger charge is -2.23. The molecule has 0 bridgehead atoms. The fourth-order valence-corrected chi connectivity index (χ4v) is 1.28. The summed E-state index contributed by atoms with van der Waals surface area (Å²) < 4.78 is 36.8. The lowest BCUT2D eigenvalue weighted by molar-refractivity contribution is -0.118. The lowest BCUT2D eigenvalue weighted by atomic mass is 10.2. The first-order chi connectivity index (χ1) is 8.20. The average molecular weight is 261 g/mol. The molecule has 0 amide bonds. The Kier molecular flexibility index (Phi) is 3.79. The molecule has 8 heteroatoms. The van der Waals surface area contributed by atoms with E-state index < -0.39 is 24.6 Å². The minimum atomic E-state index is -4.52. The number of carbonyl (C=O) groups is 1. The van der Waals surface area contributed by atoms with E-state index in [0.29, 0.717) is 4.90 Å². The number of nitrogens with one attached hydrogen (secondary N) is 1. The standard InChI is InChI=1S/C10H10F3N3O2/c11-10(12,13)5-16(9(14)15)7-3-1-6(2-4-7)8(17)18/h1-4H,5H2,(H3,14,15)(H,17,18). The molecule has 0 unspecified atom stereocenters. The predicted molar refractivity (Wildman–Crippen MR) is 58.7 cm³/mol. The highest BCUT2D eigenvalue weighted by atomic mass is 19.4. The molecule has 0 aliphatic carbocycles. The fraction of sp³-hybridized carbons (Fsp3) is 0.200. The van der Waals surface area contributed by atoms with Crippen molar-refractivity contribution in [2.75, 3.05) is 11.4 Å². The van der Waals surface area contributed by atoms with Crippen molar-refractivity contribution in [3.63, 3.8) is 0 Å². The molecule has 1 aromatic rings. The molecule has 0 saturated carbocycles. The minimum Gasteiger partial charge on any atom is -0.478 e. The Hall–Kier alpha value is -2.25. The van der Waals surface area contributed by atoms with E-state index in [-0.39, 0.29) is 11.3 Å². The van der Waals surface area contributed by atoms with Gasteiger partial charge in [0.2, 0.25) is 0 Å². The number of alkyl halides is 3. The van der Waals surface area contributed by atoms with Gasteiger partial charge in [-0.1, -0.05) is 0 Å². The van der Waals surface area contributed by atoms with E-state index in [2.05, 4.69) is 0 Å². The number of halogens is 3. The van der Waals surface area contributed by atoms with E-state index in [1.54, 1.807) is 0 Å². The molecule has 18 heavy (non-hydrogen) atoms. The van der Waals surface area contributed by atoms with Crippen LogP contribution in [0.25, 0.3) is 0 Å². The molecular weight excluding hydrogens is 251 g/mol. The zero-order valence-electron chi connectivity index (χ0n) is 9.03. The molecule has 0 fully saturated rings. The highest BCUT2D eigenvalue weighted by molar-refractivity contribution is 5.93. The number of aromatic carboxylic acids is 1. The van der Waals surface area contributed by atoms with E-state index in [4.69, 9.17) is 16.2 Å². The Bertz CT molecular complexity index is 456. The van der Waals surface area contributed by atoms with Crippen LogP contribution in [0, 0.1) is 5.41 Å². The van der Waals surface area contributed by atoms with E-state index in [1.165, 1.54) is 0 Å². The number of nitrogens with zero attached hydrogens (tertiary/aromatic N) is 1. The van der Waals surface area contributed by atoms with Crippen LogP contribution in [-0.2, 0) is 0 Å². The highest BCUT2D eigenvalue weighted by Crippen LogP contribution is 2.22. The van der Waals surface area contributed by atoms with Crippen LogP contribution in [0.5, 0.6) is 0 Å². The number of hydrogen-bond acceptors (Lipinski definition) is 2. The second kappa shape index (κ2) is 4.94. The monoisotopic (exact) mass is 261 g/mol. The third kappa shape index (κ3) is 3.65. The molecule has 0 heterocycles. The lowest BCUT2D eigenvalue weighted by Crippen LogP contribution is -2.42. The van der Waals surface area contributed by atoms with Gasteiger partial charge >= 0.3 is 12.1 Å². The number of hydrogen-bond donors (Lipinski definition) is 3. The van der Waals surface area contributed by atoms with Gasteiger partial charge in [-0.05, 0) is 24.3 Å². The van der Waals surface area contributed by atoms with Gasteiger partial charge in [0.1, 0.15) is 6.54 Å². The zero-order chi connectivity index (χ0) is 13.9. The van der Waals surface area contributed by atoms with Crippen LogP contribution in [0.15, 0.2) is 24.3 Å². The van der Waals surface area contributed by atoms with Crippen molar-refractivity contribution >= 4 is 17.6 Å². The predicted octanol–water partition coefficient (Wildman–Crippen LogP) is 1.65. The van der Waals surface area contributed by atoms with Gasteiger partial charge in [0.05, 0.1) is 5.56 Å². The van der Waals surface area contributed by atoms with Crippen LogP contribution in [0.1, 0.15) is 10.4 Å². The molecule has 0 atom stereocenters. The van der Waals surface area contributed by atoms with Crippen molar-refractivity contribution < 1.29 is 23.1 Å². The normalized spacial score (nSPS) is 11.1. The summed E-state index contributed by atoms with van der Waals surface area (Å²) in [6.45, 7) is -1.41. The quantitative estimate of drug-likeness (QED) is 0.570. The summed E-state index contributed by atoms with van der Waals surface area (Å²) in [6, 6.07) is 4.61. The Morgan fingerprint density at radius 2 is 1.83 bits per heavy atom. The number of guanidine groups is 1. The number of carboxylic acid groups (broad SMARTS) is 1. The van der Waals surface area contributed by atoms with E-state index >= 15 is 0 Å².